The number of para-hydroxylation sites is 1. The lowest BCUT2D eigenvalue weighted by molar-refractivity contribution is 0.220. The fraction of sp³-hybridized carbons (Fsp3) is 0.130. The maximum Gasteiger partial charge on any atom is 0.323 e. The molecule has 154 valence electrons. The van der Waals surface area contributed by atoms with E-state index in [1.165, 1.54) is 0 Å². The summed E-state index contributed by atoms with van der Waals surface area (Å²) in [4.78, 5) is 26.2. The number of carbonyl (C=O) groups is 2. The summed E-state index contributed by atoms with van der Waals surface area (Å²) in [6.45, 7) is 0.431. The first-order valence-corrected chi connectivity index (χ1v) is 9.41. The van der Waals surface area contributed by atoms with Crippen LogP contribution in [0.15, 0.2) is 78.9 Å². The number of urea groups is 2. The molecule has 0 heterocycles. The number of hydrogen-bond donors (Lipinski definition) is 3. The van der Waals surface area contributed by atoms with Crippen molar-refractivity contribution in [3.05, 3.63) is 84.4 Å². The second kappa shape index (κ2) is 9.97. The van der Waals surface area contributed by atoms with E-state index in [2.05, 4.69) is 16.0 Å². The third-order valence-electron chi connectivity index (χ3n) is 4.30. The van der Waals surface area contributed by atoms with Crippen LogP contribution in [0.2, 0.25) is 0 Å². The van der Waals surface area contributed by atoms with Crippen molar-refractivity contribution in [3.63, 3.8) is 0 Å². The standard InChI is InChI=1S/C23H24N4O3/c1-27(16-17-8-6-13-21(14-17)30-2)23(29)26-20-12-7-11-19(15-20)25-22(28)24-18-9-4-3-5-10-18/h3-15H,16H2,1-2H3,(H,26,29)(H2,24,25,28). The van der Waals surface area contributed by atoms with E-state index in [0.717, 1.165) is 11.3 Å². The van der Waals surface area contributed by atoms with Gasteiger partial charge in [-0.3, -0.25) is 0 Å². The van der Waals surface area contributed by atoms with Crippen LogP contribution in [0.4, 0.5) is 26.7 Å². The first-order chi connectivity index (χ1) is 14.5. The van der Waals surface area contributed by atoms with Gasteiger partial charge in [-0.15, -0.1) is 0 Å². The Kier molecular flexibility index (Phi) is 6.89. The Morgan fingerprint density at radius 2 is 1.43 bits per heavy atom. The number of rotatable bonds is 6. The van der Waals surface area contributed by atoms with E-state index in [9.17, 15) is 9.59 Å². The molecule has 0 saturated heterocycles. The summed E-state index contributed by atoms with van der Waals surface area (Å²) in [7, 11) is 3.32. The third-order valence-corrected chi connectivity index (χ3v) is 4.30. The van der Waals surface area contributed by atoms with Crippen molar-refractivity contribution in [2.75, 3.05) is 30.1 Å². The minimum absolute atomic E-state index is 0.260. The minimum Gasteiger partial charge on any atom is -0.497 e. The molecule has 0 spiro atoms. The van der Waals surface area contributed by atoms with Crippen LogP contribution in [-0.2, 0) is 6.54 Å². The molecule has 7 heteroatoms. The van der Waals surface area contributed by atoms with Gasteiger partial charge in [0.25, 0.3) is 0 Å². The second-order valence-electron chi connectivity index (χ2n) is 6.66. The number of methoxy groups -OCH3 is 1. The van der Waals surface area contributed by atoms with Crippen molar-refractivity contribution >= 4 is 29.1 Å². The van der Waals surface area contributed by atoms with E-state index in [1.54, 1.807) is 55.5 Å². The van der Waals surface area contributed by atoms with Gasteiger partial charge in [0.05, 0.1) is 7.11 Å². The summed E-state index contributed by atoms with van der Waals surface area (Å²) >= 11 is 0. The van der Waals surface area contributed by atoms with Crippen molar-refractivity contribution in [1.29, 1.82) is 0 Å². The van der Waals surface area contributed by atoms with E-state index in [-0.39, 0.29) is 12.1 Å². The summed E-state index contributed by atoms with van der Waals surface area (Å²) in [6, 6.07) is 23.1. The van der Waals surface area contributed by atoms with Crippen LogP contribution < -0.4 is 20.7 Å². The SMILES string of the molecule is COc1cccc(CN(C)C(=O)Nc2cccc(NC(=O)Nc3ccccc3)c2)c1. The van der Waals surface area contributed by atoms with E-state index in [0.29, 0.717) is 23.6 Å². The van der Waals surface area contributed by atoms with Crippen LogP contribution in [0.3, 0.4) is 0 Å². The maximum absolute atomic E-state index is 12.5. The average Bonchev–Trinajstić information content (AvgIpc) is 2.74. The molecule has 7 nitrogen and oxygen atoms in total. The van der Waals surface area contributed by atoms with Crippen LogP contribution in [0.1, 0.15) is 5.56 Å². The number of benzene rings is 3. The highest BCUT2D eigenvalue weighted by Gasteiger charge is 2.11. The van der Waals surface area contributed by atoms with Crippen molar-refractivity contribution < 1.29 is 14.3 Å². The molecule has 30 heavy (non-hydrogen) atoms. The number of anilines is 3. The Bertz CT molecular complexity index is 1010. The molecule has 0 saturated carbocycles. The number of carbonyl (C=O) groups excluding carboxylic acids is 2. The van der Waals surface area contributed by atoms with Gasteiger partial charge in [-0.1, -0.05) is 36.4 Å². The fourth-order valence-corrected chi connectivity index (χ4v) is 2.83. The van der Waals surface area contributed by atoms with Gasteiger partial charge >= 0.3 is 12.1 Å². The molecule has 0 bridgehead atoms. The molecule has 3 rings (SSSR count). The van der Waals surface area contributed by atoms with Crippen molar-refractivity contribution in [3.8, 4) is 5.75 Å². The quantitative estimate of drug-likeness (QED) is 0.540. The van der Waals surface area contributed by atoms with Crippen molar-refractivity contribution in [1.82, 2.24) is 4.90 Å². The Morgan fingerprint density at radius 1 is 0.800 bits per heavy atom. The molecule has 3 aromatic carbocycles. The van der Waals surface area contributed by atoms with Gasteiger partial charge in [0.2, 0.25) is 0 Å². The average molecular weight is 404 g/mol. The van der Waals surface area contributed by atoms with Crippen LogP contribution >= 0.6 is 0 Å². The fourth-order valence-electron chi connectivity index (χ4n) is 2.83. The molecule has 0 aliphatic heterocycles. The highest BCUT2D eigenvalue weighted by Crippen LogP contribution is 2.18. The Hall–Kier alpha value is -4.00. The predicted molar refractivity (Wildman–Crippen MR) is 119 cm³/mol. The summed E-state index contributed by atoms with van der Waals surface area (Å²) < 4.78 is 5.22. The zero-order chi connectivity index (χ0) is 21.3. The van der Waals surface area contributed by atoms with Gasteiger partial charge in [-0.25, -0.2) is 9.59 Å². The lowest BCUT2D eigenvalue weighted by atomic mass is 10.2. The summed E-state index contributed by atoms with van der Waals surface area (Å²) in [5.41, 5.74) is 2.80. The molecule has 0 aromatic heterocycles. The monoisotopic (exact) mass is 404 g/mol. The molecule has 0 fully saturated rings. The van der Waals surface area contributed by atoms with Gasteiger partial charge < -0.3 is 25.6 Å². The van der Waals surface area contributed by atoms with Crippen molar-refractivity contribution in [2.24, 2.45) is 0 Å². The molecule has 0 aliphatic rings. The van der Waals surface area contributed by atoms with Crippen LogP contribution in [0.5, 0.6) is 5.75 Å². The van der Waals surface area contributed by atoms with Crippen LogP contribution in [-0.4, -0.2) is 31.1 Å². The van der Waals surface area contributed by atoms with E-state index >= 15 is 0 Å². The zero-order valence-corrected chi connectivity index (χ0v) is 16.9. The topological polar surface area (TPSA) is 82.7 Å². The second-order valence-corrected chi connectivity index (χ2v) is 6.66. The van der Waals surface area contributed by atoms with E-state index in [4.69, 9.17) is 4.74 Å². The maximum atomic E-state index is 12.5. The lowest BCUT2D eigenvalue weighted by Crippen LogP contribution is -2.30. The number of amides is 4. The predicted octanol–water partition coefficient (Wildman–Crippen LogP) is 5.00. The molecule has 4 amide bonds. The number of nitrogens with one attached hydrogen (secondary N) is 3. The molecular formula is C23H24N4O3. The summed E-state index contributed by atoms with van der Waals surface area (Å²) in [6.07, 6.45) is 0. The highest BCUT2D eigenvalue weighted by atomic mass is 16.5. The molecule has 3 N–H and O–H groups in total. The molecule has 0 atom stereocenters. The Labute approximate surface area is 175 Å². The van der Waals surface area contributed by atoms with Gasteiger partial charge in [0, 0.05) is 30.7 Å². The van der Waals surface area contributed by atoms with Gasteiger partial charge in [-0.05, 0) is 48.0 Å². The minimum atomic E-state index is -0.361. The molecule has 0 radical (unpaired) electrons. The number of ether oxygens (including phenoxy) is 1. The highest BCUT2D eigenvalue weighted by molar-refractivity contribution is 6.00. The van der Waals surface area contributed by atoms with Crippen LogP contribution in [0.25, 0.3) is 0 Å². The van der Waals surface area contributed by atoms with Gasteiger partial charge in [0.15, 0.2) is 0 Å². The summed E-state index contributed by atoms with van der Waals surface area (Å²) in [5.74, 6) is 0.744. The Morgan fingerprint density at radius 3 is 2.17 bits per heavy atom. The first-order valence-electron chi connectivity index (χ1n) is 9.41. The third kappa shape index (κ3) is 6.00. The zero-order valence-electron chi connectivity index (χ0n) is 16.9. The van der Waals surface area contributed by atoms with Crippen LogP contribution in [0, 0.1) is 0 Å². The smallest absolute Gasteiger partial charge is 0.323 e. The molecule has 0 unspecified atom stereocenters. The normalized spacial score (nSPS) is 10.1. The van der Waals surface area contributed by atoms with E-state index in [1.807, 2.05) is 42.5 Å². The molecule has 3 aromatic rings. The largest absolute Gasteiger partial charge is 0.497 e. The molecule has 0 aliphatic carbocycles. The van der Waals surface area contributed by atoms with Gasteiger partial charge in [-0.2, -0.15) is 0 Å². The Balaban J connectivity index is 1.57. The lowest BCUT2D eigenvalue weighted by Gasteiger charge is -2.19. The molecular weight excluding hydrogens is 380 g/mol. The number of hydrogen-bond acceptors (Lipinski definition) is 3. The summed E-state index contributed by atoms with van der Waals surface area (Å²) in [5, 5.41) is 8.34. The first kappa shape index (κ1) is 20.7. The van der Waals surface area contributed by atoms with E-state index < -0.39 is 0 Å². The van der Waals surface area contributed by atoms with Crippen molar-refractivity contribution in [2.45, 2.75) is 6.54 Å². The van der Waals surface area contributed by atoms with Gasteiger partial charge in [0.1, 0.15) is 5.75 Å². The number of nitrogens with zero attached hydrogens (tertiary/aromatic N) is 1.